The average molecular weight is 195 g/mol. The van der Waals surface area contributed by atoms with Crippen molar-refractivity contribution in [1.82, 2.24) is 25.4 Å². The van der Waals surface area contributed by atoms with Crippen molar-refractivity contribution in [3.63, 3.8) is 0 Å². The minimum Gasteiger partial charge on any atom is -0.381 e. The Bertz CT molecular complexity index is 365. The quantitative estimate of drug-likeness (QED) is 0.457. The number of nitrogens with zero attached hydrogens (tertiary/aromatic N) is 3. The molecular weight excluding hydrogens is 186 g/mol. The summed E-state index contributed by atoms with van der Waals surface area (Å²) in [6.45, 7) is 0. The molecule has 0 aromatic carbocycles. The largest absolute Gasteiger partial charge is 0.381 e. The van der Waals surface area contributed by atoms with E-state index < -0.39 is 5.91 Å². The van der Waals surface area contributed by atoms with Crippen molar-refractivity contribution in [2.24, 2.45) is 5.73 Å². The van der Waals surface area contributed by atoms with Gasteiger partial charge >= 0.3 is 0 Å². The fraction of sp³-hybridized carbons (Fsp3) is 0. The Morgan fingerprint density at radius 2 is 2.29 bits per heavy atom. The number of hydrogen-bond donors (Lipinski definition) is 4. The number of amides is 1. The van der Waals surface area contributed by atoms with Crippen molar-refractivity contribution >= 4 is 11.7 Å². The summed E-state index contributed by atoms with van der Waals surface area (Å²) >= 11 is 0. The van der Waals surface area contributed by atoms with E-state index in [9.17, 15) is 4.79 Å². The van der Waals surface area contributed by atoms with Crippen LogP contribution in [0.15, 0.2) is 18.6 Å². The highest BCUT2D eigenvalue weighted by Crippen LogP contribution is 1.82. The molecule has 0 spiro atoms. The van der Waals surface area contributed by atoms with E-state index in [-0.39, 0.29) is 5.82 Å². The number of nitrogens with one attached hydrogen (secondary N) is 2. The van der Waals surface area contributed by atoms with Crippen LogP contribution in [0, 0.1) is 0 Å². The molecule has 1 amide bonds. The third kappa shape index (κ3) is 2.93. The van der Waals surface area contributed by atoms with Gasteiger partial charge in [0.05, 0.1) is 6.20 Å². The number of imidazole rings is 1. The number of nitrogens with two attached hydrogens (primary N) is 2. The summed E-state index contributed by atoms with van der Waals surface area (Å²) in [5.74, 6) is 0.0926. The Balaban J connectivity index is 0.000000146. The molecule has 0 aliphatic rings. The second-order valence-electron chi connectivity index (χ2n) is 2.20. The van der Waals surface area contributed by atoms with Crippen molar-refractivity contribution in [3.8, 4) is 0 Å². The van der Waals surface area contributed by atoms with Crippen molar-refractivity contribution in [1.29, 1.82) is 0 Å². The summed E-state index contributed by atoms with van der Waals surface area (Å²) in [4.78, 5) is 16.3. The summed E-state index contributed by atoms with van der Waals surface area (Å²) in [5, 5.41) is 9.22. The molecule has 2 heterocycles. The predicted molar refractivity (Wildman–Crippen MR) is 47.9 cm³/mol. The van der Waals surface area contributed by atoms with Gasteiger partial charge in [0, 0.05) is 12.4 Å². The highest BCUT2D eigenvalue weighted by atomic mass is 16.1. The summed E-state index contributed by atoms with van der Waals surface area (Å²) in [5.41, 5.74) is 9.90. The number of hydrogen-bond acceptors (Lipinski definition) is 5. The molecule has 0 aliphatic carbocycles. The second kappa shape index (κ2) is 4.60. The molecule has 0 unspecified atom stereocenters. The van der Waals surface area contributed by atoms with Crippen LogP contribution in [0.1, 0.15) is 10.6 Å². The highest BCUT2D eigenvalue weighted by molar-refractivity contribution is 5.88. The number of aromatic nitrogens is 5. The van der Waals surface area contributed by atoms with Gasteiger partial charge < -0.3 is 16.5 Å². The maximum atomic E-state index is 10.2. The molecule has 0 saturated carbocycles. The monoisotopic (exact) mass is 195 g/mol. The normalized spacial score (nSPS) is 8.86. The fourth-order valence-electron chi connectivity index (χ4n) is 0.610. The lowest BCUT2D eigenvalue weighted by Gasteiger charge is -1.80. The Kier molecular flexibility index (Phi) is 3.19. The zero-order chi connectivity index (χ0) is 10.4. The smallest absolute Gasteiger partial charge is 0.284 e. The molecule has 0 saturated heterocycles. The number of aromatic amines is 2. The maximum Gasteiger partial charge on any atom is 0.284 e. The SMILES string of the molecule is NC(=O)c1ncc[nH]1.Nc1cn[nH]n1. The lowest BCUT2D eigenvalue weighted by molar-refractivity contribution is 0.0991. The molecule has 0 radical (unpaired) electrons. The first-order valence-corrected chi connectivity index (χ1v) is 3.60. The van der Waals surface area contributed by atoms with Crippen LogP contribution in [-0.2, 0) is 0 Å². The van der Waals surface area contributed by atoms with Crippen LogP contribution in [0.4, 0.5) is 5.82 Å². The van der Waals surface area contributed by atoms with Crippen molar-refractivity contribution in [2.45, 2.75) is 0 Å². The van der Waals surface area contributed by atoms with Crippen molar-refractivity contribution in [2.75, 3.05) is 5.73 Å². The molecular formula is C6H9N7O. The summed E-state index contributed by atoms with van der Waals surface area (Å²) in [6.07, 6.45) is 4.46. The van der Waals surface area contributed by atoms with Gasteiger partial charge in [-0.05, 0) is 0 Å². The summed E-state index contributed by atoms with van der Waals surface area (Å²) in [6, 6.07) is 0. The topological polar surface area (TPSA) is 139 Å². The molecule has 2 rings (SSSR count). The Morgan fingerprint density at radius 1 is 1.50 bits per heavy atom. The second-order valence-corrected chi connectivity index (χ2v) is 2.20. The number of H-pyrrole nitrogens is 2. The van der Waals surface area contributed by atoms with E-state index in [0.717, 1.165) is 0 Å². The van der Waals surface area contributed by atoms with Crippen molar-refractivity contribution < 1.29 is 4.79 Å². The van der Waals surface area contributed by atoms with E-state index in [0.29, 0.717) is 5.82 Å². The van der Waals surface area contributed by atoms with E-state index in [1.165, 1.54) is 12.4 Å². The minimum atomic E-state index is -0.532. The zero-order valence-corrected chi connectivity index (χ0v) is 7.14. The van der Waals surface area contributed by atoms with Gasteiger partial charge in [-0.25, -0.2) is 4.98 Å². The molecule has 0 bridgehead atoms. The summed E-state index contributed by atoms with van der Waals surface area (Å²) < 4.78 is 0. The van der Waals surface area contributed by atoms with Gasteiger partial charge in [-0.1, -0.05) is 0 Å². The highest BCUT2D eigenvalue weighted by Gasteiger charge is 1.97. The van der Waals surface area contributed by atoms with Gasteiger partial charge in [-0.3, -0.25) is 4.79 Å². The molecule has 8 heteroatoms. The standard InChI is InChI=1S/C4H5N3O.C2H4N4/c5-3(8)4-6-1-2-7-4;3-2-1-4-6-5-2/h1-2H,(H2,5,8)(H,6,7);1H,(H3,3,4,5,6). The number of primary amides is 1. The van der Waals surface area contributed by atoms with Crippen LogP contribution in [-0.4, -0.2) is 31.3 Å². The molecule has 2 aromatic heterocycles. The lowest BCUT2D eigenvalue weighted by atomic mass is 10.6. The molecule has 0 fully saturated rings. The Morgan fingerprint density at radius 3 is 2.50 bits per heavy atom. The number of nitrogen functional groups attached to an aromatic ring is 1. The first kappa shape index (κ1) is 9.71. The van der Waals surface area contributed by atoms with Crippen LogP contribution < -0.4 is 11.5 Å². The Hall–Kier alpha value is -2.38. The third-order valence-corrected chi connectivity index (χ3v) is 1.17. The number of carbonyl (C=O) groups excluding carboxylic acids is 1. The van der Waals surface area contributed by atoms with E-state index in [4.69, 9.17) is 11.5 Å². The van der Waals surface area contributed by atoms with Gasteiger partial charge in [0.1, 0.15) is 0 Å². The van der Waals surface area contributed by atoms with Crippen LogP contribution in [0.2, 0.25) is 0 Å². The fourth-order valence-corrected chi connectivity index (χ4v) is 0.610. The van der Waals surface area contributed by atoms with Gasteiger partial charge in [0.15, 0.2) is 11.6 Å². The van der Waals surface area contributed by atoms with Crippen molar-refractivity contribution in [3.05, 3.63) is 24.4 Å². The zero-order valence-electron chi connectivity index (χ0n) is 7.14. The van der Waals surface area contributed by atoms with Gasteiger partial charge in [-0.2, -0.15) is 10.3 Å². The molecule has 8 nitrogen and oxygen atoms in total. The van der Waals surface area contributed by atoms with Crippen LogP contribution in [0.25, 0.3) is 0 Å². The molecule has 2 aromatic rings. The molecule has 0 atom stereocenters. The van der Waals surface area contributed by atoms with E-state index >= 15 is 0 Å². The summed E-state index contributed by atoms with van der Waals surface area (Å²) in [7, 11) is 0. The molecule has 14 heavy (non-hydrogen) atoms. The first-order chi connectivity index (χ1) is 6.70. The van der Waals surface area contributed by atoms with E-state index in [1.54, 1.807) is 6.20 Å². The number of carbonyl (C=O) groups is 1. The molecule has 6 N–H and O–H groups in total. The average Bonchev–Trinajstić information content (AvgIpc) is 2.75. The van der Waals surface area contributed by atoms with Gasteiger partial charge in [-0.15, -0.1) is 5.10 Å². The third-order valence-electron chi connectivity index (χ3n) is 1.17. The number of rotatable bonds is 1. The first-order valence-electron chi connectivity index (χ1n) is 3.60. The Labute approximate surface area is 78.7 Å². The van der Waals surface area contributed by atoms with Gasteiger partial charge in [0.25, 0.3) is 5.91 Å². The van der Waals surface area contributed by atoms with Crippen LogP contribution in [0.3, 0.4) is 0 Å². The van der Waals surface area contributed by atoms with E-state index in [1.807, 2.05) is 0 Å². The van der Waals surface area contributed by atoms with Crippen LogP contribution in [0.5, 0.6) is 0 Å². The predicted octanol–water partition coefficient (Wildman–Crippen LogP) is -1.10. The molecule has 74 valence electrons. The minimum absolute atomic E-state index is 0.199. The van der Waals surface area contributed by atoms with Crippen LogP contribution >= 0.6 is 0 Å². The lowest BCUT2D eigenvalue weighted by Crippen LogP contribution is -2.12. The molecule has 0 aliphatic heterocycles. The number of anilines is 1. The maximum absolute atomic E-state index is 10.2. The van der Waals surface area contributed by atoms with Gasteiger partial charge in [0.2, 0.25) is 0 Å². The van der Waals surface area contributed by atoms with E-state index in [2.05, 4.69) is 25.4 Å².